The van der Waals surface area contributed by atoms with Crippen LogP contribution in [-0.4, -0.2) is 58.4 Å². The summed E-state index contributed by atoms with van der Waals surface area (Å²) < 4.78 is 51.3. The predicted octanol–water partition coefficient (Wildman–Crippen LogP) is 1.23. The molecule has 1 aromatic carbocycles. The molecule has 6 nitrogen and oxygen atoms in total. The molecule has 0 aromatic heterocycles. The van der Waals surface area contributed by atoms with Gasteiger partial charge in [-0.25, -0.2) is 21.6 Å². The summed E-state index contributed by atoms with van der Waals surface area (Å²) in [5.41, 5.74) is 1.86. The first-order valence-corrected chi connectivity index (χ1v) is 12.0. The van der Waals surface area contributed by atoms with Gasteiger partial charge in [-0.2, -0.15) is 0 Å². The van der Waals surface area contributed by atoms with E-state index in [-0.39, 0.29) is 23.6 Å². The Balaban J connectivity index is 1.60. The Hall–Kier alpha value is -0.960. The molecule has 0 unspecified atom stereocenters. The number of sulfonamides is 1. The van der Waals surface area contributed by atoms with Gasteiger partial charge in [-0.05, 0) is 69.5 Å². The van der Waals surface area contributed by atoms with E-state index in [1.807, 2.05) is 19.9 Å². The van der Waals surface area contributed by atoms with Gasteiger partial charge in [-0.1, -0.05) is 6.07 Å². The fraction of sp³-hybridized carbons (Fsp3) is 0.647. The van der Waals surface area contributed by atoms with E-state index in [4.69, 9.17) is 0 Å². The Morgan fingerprint density at radius 2 is 1.64 bits per heavy atom. The minimum absolute atomic E-state index is 0.0971. The average molecular weight is 387 g/mol. The highest BCUT2D eigenvalue weighted by Crippen LogP contribution is 2.23. The molecule has 0 amide bonds. The van der Waals surface area contributed by atoms with E-state index in [0.29, 0.717) is 24.2 Å². The molecule has 1 N–H and O–H groups in total. The highest BCUT2D eigenvalue weighted by atomic mass is 32.2. The van der Waals surface area contributed by atoms with Crippen molar-refractivity contribution in [1.82, 2.24) is 9.62 Å². The topological polar surface area (TPSA) is 83.6 Å². The average Bonchev–Trinajstić information content (AvgIpc) is 2.87. The van der Waals surface area contributed by atoms with Gasteiger partial charge in [0.2, 0.25) is 10.0 Å². The van der Waals surface area contributed by atoms with E-state index in [0.717, 1.165) is 24.2 Å². The van der Waals surface area contributed by atoms with E-state index in [2.05, 4.69) is 9.62 Å². The third-order valence-electron chi connectivity index (χ3n) is 5.08. The zero-order valence-corrected chi connectivity index (χ0v) is 16.4. The first-order valence-electron chi connectivity index (χ1n) is 8.70. The van der Waals surface area contributed by atoms with Crippen molar-refractivity contribution in [2.75, 3.05) is 24.6 Å². The van der Waals surface area contributed by atoms with Gasteiger partial charge in [-0.3, -0.25) is 4.90 Å². The van der Waals surface area contributed by atoms with Crippen molar-refractivity contribution < 1.29 is 16.8 Å². The molecule has 2 aliphatic rings. The lowest BCUT2D eigenvalue weighted by molar-refractivity contribution is 0.161. The van der Waals surface area contributed by atoms with Crippen LogP contribution in [0.15, 0.2) is 23.1 Å². The predicted molar refractivity (Wildman–Crippen MR) is 97.9 cm³/mol. The van der Waals surface area contributed by atoms with Gasteiger partial charge in [0, 0.05) is 12.1 Å². The SMILES string of the molecule is Cc1cc(C)cc(S(=O)(=O)NC2CCN([C@@H]3CCS(=O)(=O)C3)CC2)c1. The maximum atomic E-state index is 12.6. The summed E-state index contributed by atoms with van der Waals surface area (Å²) in [4.78, 5) is 2.51. The number of nitrogens with zero attached hydrogens (tertiary/aromatic N) is 1. The monoisotopic (exact) mass is 386 g/mol. The van der Waals surface area contributed by atoms with Crippen molar-refractivity contribution in [3.63, 3.8) is 0 Å². The molecule has 1 aromatic rings. The largest absolute Gasteiger partial charge is 0.299 e. The molecule has 0 spiro atoms. The molecule has 1 atom stereocenters. The molecule has 0 radical (unpaired) electrons. The minimum Gasteiger partial charge on any atom is -0.299 e. The van der Waals surface area contributed by atoms with E-state index >= 15 is 0 Å². The first-order chi connectivity index (χ1) is 11.6. The van der Waals surface area contributed by atoms with Crippen LogP contribution >= 0.6 is 0 Å². The molecule has 2 fully saturated rings. The van der Waals surface area contributed by atoms with Crippen LogP contribution in [0.3, 0.4) is 0 Å². The summed E-state index contributed by atoms with van der Waals surface area (Å²) in [7, 11) is -6.41. The number of piperidine rings is 1. The quantitative estimate of drug-likeness (QED) is 0.842. The number of sulfone groups is 1. The molecule has 2 aliphatic heterocycles. The molecule has 3 rings (SSSR count). The third kappa shape index (κ3) is 4.61. The number of aryl methyl sites for hydroxylation is 2. The third-order valence-corrected chi connectivity index (χ3v) is 8.33. The maximum absolute atomic E-state index is 12.6. The Bertz CT molecular complexity index is 821. The molecule has 2 saturated heterocycles. The van der Waals surface area contributed by atoms with Gasteiger partial charge in [-0.15, -0.1) is 0 Å². The van der Waals surface area contributed by atoms with Gasteiger partial charge >= 0.3 is 0 Å². The normalized spacial score (nSPS) is 25.3. The van der Waals surface area contributed by atoms with Crippen LogP contribution in [0.25, 0.3) is 0 Å². The molecule has 140 valence electrons. The minimum atomic E-state index is -3.52. The zero-order valence-electron chi connectivity index (χ0n) is 14.7. The second-order valence-corrected chi connectivity index (χ2v) is 11.3. The van der Waals surface area contributed by atoms with Crippen LogP contribution in [0.2, 0.25) is 0 Å². The molecule has 0 saturated carbocycles. The Labute approximate surface area is 150 Å². The van der Waals surface area contributed by atoms with Crippen LogP contribution in [-0.2, 0) is 19.9 Å². The number of benzene rings is 1. The maximum Gasteiger partial charge on any atom is 0.240 e. The second kappa shape index (κ2) is 6.98. The van der Waals surface area contributed by atoms with E-state index < -0.39 is 19.9 Å². The standard InChI is InChI=1S/C17H26N2O4S2/c1-13-9-14(2)11-17(10-13)25(22,23)18-15-3-6-19(7-4-15)16-5-8-24(20,21)12-16/h9-11,15-16,18H,3-8,12H2,1-2H3/t16-/m1/s1. The van der Waals surface area contributed by atoms with E-state index in [1.54, 1.807) is 12.1 Å². The van der Waals surface area contributed by atoms with Gasteiger partial charge in [0.05, 0.1) is 16.4 Å². The van der Waals surface area contributed by atoms with E-state index in [9.17, 15) is 16.8 Å². The van der Waals surface area contributed by atoms with Crippen LogP contribution in [0.5, 0.6) is 0 Å². The zero-order chi connectivity index (χ0) is 18.2. The van der Waals surface area contributed by atoms with Crippen LogP contribution in [0.1, 0.15) is 30.4 Å². The lowest BCUT2D eigenvalue weighted by atomic mass is 10.0. The Kier molecular flexibility index (Phi) is 5.26. The van der Waals surface area contributed by atoms with Crippen molar-refractivity contribution in [3.05, 3.63) is 29.3 Å². The first kappa shape index (κ1) is 18.8. The fourth-order valence-electron chi connectivity index (χ4n) is 3.82. The van der Waals surface area contributed by atoms with Gasteiger partial charge in [0.15, 0.2) is 9.84 Å². The number of nitrogens with one attached hydrogen (secondary N) is 1. The molecular weight excluding hydrogens is 360 g/mol. The number of hydrogen-bond acceptors (Lipinski definition) is 5. The summed E-state index contributed by atoms with van der Waals surface area (Å²) in [6.45, 7) is 5.25. The molecule has 2 heterocycles. The molecule has 25 heavy (non-hydrogen) atoms. The van der Waals surface area contributed by atoms with E-state index in [1.165, 1.54) is 0 Å². The fourth-order valence-corrected chi connectivity index (χ4v) is 7.08. The molecule has 8 heteroatoms. The highest BCUT2D eigenvalue weighted by molar-refractivity contribution is 7.91. The summed E-state index contributed by atoms with van der Waals surface area (Å²) in [5, 5.41) is 0. The van der Waals surface area contributed by atoms with Gasteiger partial charge < -0.3 is 0 Å². The van der Waals surface area contributed by atoms with Crippen molar-refractivity contribution in [1.29, 1.82) is 0 Å². The molecule has 0 aliphatic carbocycles. The summed E-state index contributed by atoms with van der Waals surface area (Å²) in [5.74, 6) is 0.517. The number of rotatable bonds is 4. The van der Waals surface area contributed by atoms with Crippen molar-refractivity contribution in [2.45, 2.75) is 50.1 Å². The number of hydrogen-bond donors (Lipinski definition) is 1. The highest BCUT2D eigenvalue weighted by Gasteiger charge is 2.34. The Morgan fingerprint density at radius 3 is 2.16 bits per heavy atom. The van der Waals surface area contributed by atoms with Crippen molar-refractivity contribution in [2.24, 2.45) is 0 Å². The number of likely N-dealkylation sites (tertiary alicyclic amines) is 1. The van der Waals surface area contributed by atoms with Crippen molar-refractivity contribution in [3.8, 4) is 0 Å². The van der Waals surface area contributed by atoms with Crippen LogP contribution in [0, 0.1) is 13.8 Å². The second-order valence-electron chi connectivity index (χ2n) is 7.31. The van der Waals surface area contributed by atoms with Crippen molar-refractivity contribution >= 4 is 19.9 Å². The van der Waals surface area contributed by atoms with Crippen LogP contribution < -0.4 is 4.72 Å². The van der Waals surface area contributed by atoms with Crippen LogP contribution in [0.4, 0.5) is 0 Å². The summed E-state index contributed by atoms with van der Waals surface area (Å²) in [6, 6.07) is 5.33. The lowest BCUT2D eigenvalue weighted by Crippen LogP contribution is -2.48. The van der Waals surface area contributed by atoms with Gasteiger partial charge in [0.25, 0.3) is 0 Å². The summed E-state index contributed by atoms with van der Waals surface area (Å²) in [6.07, 6.45) is 2.11. The lowest BCUT2D eigenvalue weighted by Gasteiger charge is -2.35. The summed E-state index contributed by atoms with van der Waals surface area (Å²) >= 11 is 0. The smallest absolute Gasteiger partial charge is 0.240 e. The molecular formula is C17H26N2O4S2. The molecule has 0 bridgehead atoms. The van der Waals surface area contributed by atoms with Gasteiger partial charge in [0.1, 0.15) is 0 Å². The Morgan fingerprint density at radius 1 is 1.04 bits per heavy atom.